The van der Waals surface area contributed by atoms with Gasteiger partial charge in [-0.1, -0.05) is 36.4 Å². The van der Waals surface area contributed by atoms with Crippen LogP contribution in [0, 0.1) is 0 Å². The molecule has 0 radical (unpaired) electrons. The zero-order valence-corrected chi connectivity index (χ0v) is 19.8. The minimum absolute atomic E-state index is 0. The zero-order valence-electron chi connectivity index (χ0n) is 17.5. The summed E-state index contributed by atoms with van der Waals surface area (Å²) in [6.45, 7) is 7.82. The van der Waals surface area contributed by atoms with Gasteiger partial charge in [-0.3, -0.25) is 4.90 Å². The van der Waals surface area contributed by atoms with Crippen molar-refractivity contribution in [1.29, 1.82) is 0 Å². The highest BCUT2D eigenvalue weighted by Gasteiger charge is 2.11. The quantitative estimate of drug-likeness (QED) is 0.320. The van der Waals surface area contributed by atoms with Gasteiger partial charge in [0.05, 0.1) is 13.7 Å². The number of nitrogens with one attached hydrogen (secondary N) is 2. The van der Waals surface area contributed by atoms with Crippen molar-refractivity contribution in [2.24, 2.45) is 4.99 Å². The van der Waals surface area contributed by atoms with Gasteiger partial charge in [-0.05, 0) is 61.7 Å². The molecule has 2 N–H and O–H groups in total. The molecule has 0 amide bonds. The van der Waals surface area contributed by atoms with E-state index in [1.165, 1.54) is 37.1 Å². The first-order valence-corrected chi connectivity index (χ1v) is 10.2. The summed E-state index contributed by atoms with van der Waals surface area (Å²) in [6.07, 6.45) is 2.68. The predicted molar refractivity (Wildman–Crippen MR) is 131 cm³/mol. The Morgan fingerprint density at radius 2 is 1.72 bits per heavy atom. The first-order valence-electron chi connectivity index (χ1n) is 10.2. The fraction of sp³-hybridized carbons (Fsp3) is 0.435. The highest BCUT2D eigenvalue weighted by atomic mass is 127. The van der Waals surface area contributed by atoms with E-state index in [9.17, 15) is 0 Å². The molecular formula is C23H33IN4O. The number of nitrogens with zero attached hydrogens (tertiary/aromatic N) is 2. The molecule has 3 rings (SSSR count). The van der Waals surface area contributed by atoms with E-state index >= 15 is 0 Å². The van der Waals surface area contributed by atoms with Gasteiger partial charge in [-0.15, -0.1) is 24.0 Å². The van der Waals surface area contributed by atoms with Gasteiger partial charge < -0.3 is 15.4 Å². The molecule has 0 spiro atoms. The maximum Gasteiger partial charge on any atom is 0.191 e. The van der Waals surface area contributed by atoms with Crippen LogP contribution in [-0.4, -0.2) is 37.6 Å². The second-order valence-electron chi connectivity index (χ2n) is 7.20. The first kappa shape index (κ1) is 23.5. The molecule has 0 saturated carbocycles. The molecule has 1 heterocycles. The molecule has 1 fully saturated rings. The van der Waals surface area contributed by atoms with E-state index in [2.05, 4.69) is 52.8 Å². The minimum atomic E-state index is 0. The maximum atomic E-state index is 5.28. The van der Waals surface area contributed by atoms with Crippen LogP contribution in [0.2, 0.25) is 0 Å². The highest BCUT2D eigenvalue weighted by molar-refractivity contribution is 14.0. The van der Waals surface area contributed by atoms with Crippen molar-refractivity contribution in [1.82, 2.24) is 15.5 Å². The van der Waals surface area contributed by atoms with Crippen LogP contribution in [0.25, 0.3) is 0 Å². The molecule has 1 aliphatic rings. The van der Waals surface area contributed by atoms with Crippen LogP contribution < -0.4 is 15.4 Å². The van der Waals surface area contributed by atoms with E-state index in [1.54, 1.807) is 7.11 Å². The predicted octanol–water partition coefficient (Wildman–Crippen LogP) is 4.16. The normalized spacial score (nSPS) is 14.3. The fourth-order valence-corrected chi connectivity index (χ4v) is 3.43. The van der Waals surface area contributed by atoms with Crippen molar-refractivity contribution >= 4 is 29.9 Å². The van der Waals surface area contributed by atoms with Crippen LogP contribution in [0.5, 0.6) is 5.75 Å². The number of rotatable bonds is 8. The number of methoxy groups -OCH3 is 1. The first-order chi connectivity index (χ1) is 13.8. The second kappa shape index (κ2) is 12.7. The van der Waals surface area contributed by atoms with Crippen LogP contribution in [0.3, 0.4) is 0 Å². The lowest BCUT2D eigenvalue weighted by molar-refractivity contribution is 0.331. The SMILES string of the molecule is CCNC(=NCc1cccc(OC)c1)NCc1ccc(CN2CCCC2)cc1.I. The third-order valence-corrected chi connectivity index (χ3v) is 4.99. The Bertz CT molecular complexity index is 758. The molecule has 0 bridgehead atoms. The number of hydrogen-bond acceptors (Lipinski definition) is 3. The molecule has 0 atom stereocenters. The second-order valence-corrected chi connectivity index (χ2v) is 7.20. The van der Waals surface area contributed by atoms with Gasteiger partial charge in [0, 0.05) is 19.6 Å². The van der Waals surface area contributed by atoms with Crippen LogP contribution >= 0.6 is 24.0 Å². The van der Waals surface area contributed by atoms with Gasteiger partial charge in [-0.2, -0.15) is 0 Å². The summed E-state index contributed by atoms with van der Waals surface area (Å²) in [5.74, 6) is 1.69. The number of ether oxygens (including phenoxy) is 1. The topological polar surface area (TPSA) is 48.9 Å². The smallest absolute Gasteiger partial charge is 0.191 e. The summed E-state index contributed by atoms with van der Waals surface area (Å²) in [6, 6.07) is 16.9. The Balaban J connectivity index is 0.00000300. The fourth-order valence-electron chi connectivity index (χ4n) is 3.43. The van der Waals surface area contributed by atoms with Crippen LogP contribution in [0.4, 0.5) is 0 Å². The van der Waals surface area contributed by atoms with Crippen molar-refractivity contribution in [2.45, 2.75) is 39.4 Å². The lowest BCUT2D eigenvalue weighted by Crippen LogP contribution is -2.36. The standard InChI is InChI=1S/C23H32N4O.HI/c1-3-24-23(26-17-21-7-6-8-22(15-21)28-2)25-16-19-9-11-20(12-10-19)18-27-13-4-5-14-27;/h6-12,15H,3-5,13-14,16-18H2,1-2H3,(H2,24,25,26);1H. The third kappa shape index (κ3) is 7.85. The molecule has 5 nitrogen and oxygen atoms in total. The zero-order chi connectivity index (χ0) is 19.6. The largest absolute Gasteiger partial charge is 0.497 e. The average Bonchev–Trinajstić information content (AvgIpc) is 3.24. The van der Waals surface area contributed by atoms with Crippen LogP contribution in [0.1, 0.15) is 36.5 Å². The van der Waals surface area contributed by atoms with Gasteiger partial charge in [0.1, 0.15) is 5.75 Å². The van der Waals surface area contributed by atoms with Crippen LogP contribution in [0.15, 0.2) is 53.5 Å². The van der Waals surface area contributed by atoms with Gasteiger partial charge >= 0.3 is 0 Å². The van der Waals surface area contributed by atoms with E-state index in [1.807, 2.05) is 18.2 Å². The molecule has 0 aliphatic carbocycles. The molecule has 6 heteroatoms. The third-order valence-electron chi connectivity index (χ3n) is 4.99. The summed E-state index contributed by atoms with van der Waals surface area (Å²) in [4.78, 5) is 7.22. The Morgan fingerprint density at radius 1 is 1.00 bits per heavy atom. The number of likely N-dealkylation sites (tertiary alicyclic amines) is 1. The van der Waals surface area contributed by atoms with Crippen molar-refractivity contribution in [3.05, 3.63) is 65.2 Å². The van der Waals surface area contributed by atoms with Crippen molar-refractivity contribution in [3.8, 4) is 5.75 Å². The van der Waals surface area contributed by atoms with Crippen molar-refractivity contribution < 1.29 is 4.74 Å². The number of guanidine groups is 1. The van der Waals surface area contributed by atoms with E-state index in [4.69, 9.17) is 9.73 Å². The number of hydrogen-bond donors (Lipinski definition) is 2. The minimum Gasteiger partial charge on any atom is -0.497 e. The molecule has 0 unspecified atom stereocenters. The van der Waals surface area contributed by atoms with Crippen molar-refractivity contribution in [2.75, 3.05) is 26.7 Å². The Hall–Kier alpha value is -1.80. The van der Waals surface area contributed by atoms with E-state index in [0.717, 1.165) is 36.9 Å². The Kier molecular flexibility index (Phi) is 10.3. The Morgan fingerprint density at radius 3 is 2.41 bits per heavy atom. The summed E-state index contributed by atoms with van der Waals surface area (Å²) in [5.41, 5.74) is 3.78. The monoisotopic (exact) mass is 508 g/mol. The Labute approximate surface area is 192 Å². The molecule has 2 aromatic rings. The van der Waals surface area contributed by atoms with E-state index < -0.39 is 0 Å². The van der Waals surface area contributed by atoms with Gasteiger partial charge in [0.15, 0.2) is 5.96 Å². The number of aliphatic imine (C=N–C) groups is 1. The molecule has 1 saturated heterocycles. The molecule has 29 heavy (non-hydrogen) atoms. The molecule has 158 valence electrons. The van der Waals surface area contributed by atoms with Gasteiger partial charge in [-0.25, -0.2) is 4.99 Å². The van der Waals surface area contributed by atoms with E-state index in [-0.39, 0.29) is 24.0 Å². The molecule has 1 aliphatic heterocycles. The van der Waals surface area contributed by atoms with Gasteiger partial charge in [0.2, 0.25) is 0 Å². The molecular weight excluding hydrogens is 475 g/mol. The van der Waals surface area contributed by atoms with Crippen LogP contribution in [-0.2, 0) is 19.6 Å². The molecule has 0 aromatic heterocycles. The lowest BCUT2D eigenvalue weighted by atomic mass is 10.1. The lowest BCUT2D eigenvalue weighted by Gasteiger charge is -2.15. The number of benzene rings is 2. The summed E-state index contributed by atoms with van der Waals surface area (Å²) in [7, 11) is 1.68. The van der Waals surface area contributed by atoms with E-state index in [0.29, 0.717) is 6.54 Å². The maximum absolute atomic E-state index is 5.28. The summed E-state index contributed by atoms with van der Waals surface area (Å²) < 4.78 is 5.28. The van der Waals surface area contributed by atoms with Crippen molar-refractivity contribution in [3.63, 3.8) is 0 Å². The highest BCUT2D eigenvalue weighted by Crippen LogP contribution is 2.14. The summed E-state index contributed by atoms with van der Waals surface area (Å²) >= 11 is 0. The van der Waals surface area contributed by atoms with Gasteiger partial charge in [0.25, 0.3) is 0 Å². The number of halogens is 1. The average molecular weight is 508 g/mol. The summed E-state index contributed by atoms with van der Waals surface area (Å²) in [5, 5.41) is 6.74. The molecule has 2 aromatic carbocycles.